The predicted octanol–water partition coefficient (Wildman–Crippen LogP) is 3.52. The fourth-order valence-corrected chi connectivity index (χ4v) is 0.340. The minimum Gasteiger partial charge on any atom is -0.273 e. The fraction of sp³-hybridized carbons (Fsp3) is 0.500. The Morgan fingerprint density at radius 3 is 1.67 bits per heavy atom. The van der Waals surface area contributed by atoms with Gasteiger partial charge in [-0.15, -0.1) is 31.2 Å². The summed E-state index contributed by atoms with van der Waals surface area (Å²) in [5.41, 5.74) is 0. The molecule has 0 amide bonds. The molecule has 1 radical (unpaired) electrons. The molecule has 0 spiro atoms. The molecule has 1 aliphatic carbocycles. The first kappa shape index (κ1) is 23.1. The average Bonchev–Trinajstić information content (AvgIpc) is 2.11. The third-order valence-electron chi connectivity index (χ3n) is 0.586. The Labute approximate surface area is 105 Å². The van der Waals surface area contributed by atoms with Crippen molar-refractivity contribution in [3.05, 3.63) is 24.3 Å². The third kappa shape index (κ3) is 30.6. The van der Waals surface area contributed by atoms with Crippen molar-refractivity contribution in [2.45, 2.75) is 26.1 Å². The molecule has 1 aliphatic rings. The molecule has 0 bridgehead atoms. The second kappa shape index (κ2) is 17.9. The molecule has 0 aromatic heterocycles. The van der Waals surface area contributed by atoms with Crippen LogP contribution in [0.15, 0.2) is 18.2 Å². The van der Waals surface area contributed by atoms with Crippen LogP contribution in [-0.4, -0.2) is 8.80 Å². The number of halogens is 2. The van der Waals surface area contributed by atoms with Gasteiger partial charge in [0.25, 0.3) is 0 Å². The zero-order valence-corrected chi connectivity index (χ0v) is 12.0. The van der Waals surface area contributed by atoms with E-state index in [9.17, 15) is 0 Å². The monoisotopic (exact) mass is 258 g/mol. The summed E-state index contributed by atoms with van der Waals surface area (Å²) in [6.45, 7) is 6.81. The first-order chi connectivity index (χ1) is 4.23. The first-order valence-electron chi connectivity index (χ1n) is 3.22. The molecule has 0 saturated heterocycles. The van der Waals surface area contributed by atoms with Crippen LogP contribution in [0.25, 0.3) is 0 Å². The molecule has 0 nitrogen and oxygen atoms in total. The van der Waals surface area contributed by atoms with Gasteiger partial charge in [0.2, 0.25) is 0 Å². The molecule has 0 aliphatic heterocycles. The maximum atomic E-state index is 2.99. The molecule has 1 rings (SSSR count). The van der Waals surface area contributed by atoms with Gasteiger partial charge in [0.05, 0.1) is 0 Å². The number of hydrogen-bond acceptors (Lipinski definition) is 0. The molecule has 4 heteroatoms. The SMILES string of the molecule is C[Si](C)C.Cl.Cl.[C-]1=CC=CC1.[Ti]. The predicted molar refractivity (Wildman–Crippen MR) is 59.4 cm³/mol. The van der Waals surface area contributed by atoms with Crippen LogP contribution in [-0.2, 0) is 21.7 Å². The van der Waals surface area contributed by atoms with Gasteiger partial charge in [-0.3, -0.25) is 6.08 Å². The molecule has 0 N–H and O–H groups in total. The van der Waals surface area contributed by atoms with E-state index in [1.54, 1.807) is 0 Å². The summed E-state index contributed by atoms with van der Waals surface area (Å²) in [6, 6.07) is 0. The zero-order valence-electron chi connectivity index (χ0n) is 7.76. The molecule has 0 saturated carbocycles. The summed E-state index contributed by atoms with van der Waals surface area (Å²) in [4.78, 5) is 0. The molecule has 12 heavy (non-hydrogen) atoms. The molecule has 0 heterocycles. The molecule has 0 aromatic carbocycles. The van der Waals surface area contributed by atoms with E-state index < -0.39 is 0 Å². The first-order valence-corrected chi connectivity index (χ1v) is 6.22. The van der Waals surface area contributed by atoms with Gasteiger partial charge in [0, 0.05) is 30.5 Å². The molecule has 0 aromatic rings. The average molecular weight is 259 g/mol. The zero-order chi connectivity index (χ0) is 7.11. The summed E-state index contributed by atoms with van der Waals surface area (Å²) >= 11 is 0. The van der Waals surface area contributed by atoms with Crippen molar-refractivity contribution < 1.29 is 21.7 Å². The number of rotatable bonds is 0. The van der Waals surface area contributed by atoms with E-state index in [-0.39, 0.29) is 55.3 Å². The van der Waals surface area contributed by atoms with Gasteiger partial charge < -0.3 is 0 Å². The minimum absolute atomic E-state index is 0. The van der Waals surface area contributed by atoms with Crippen LogP contribution in [0.1, 0.15) is 6.42 Å². The maximum absolute atomic E-state index is 2.99. The molecular weight excluding hydrogens is 243 g/mol. The Balaban J connectivity index is -0.0000000436. The quantitative estimate of drug-likeness (QED) is 0.461. The summed E-state index contributed by atoms with van der Waals surface area (Å²) < 4.78 is 0. The number of allylic oxidation sites excluding steroid dienone is 4. The molecular formula is C8H16Cl2SiTi-. The molecule has 71 valence electrons. The molecule has 0 unspecified atom stereocenters. The van der Waals surface area contributed by atoms with Gasteiger partial charge in [-0.1, -0.05) is 19.6 Å². The van der Waals surface area contributed by atoms with Crippen LogP contribution >= 0.6 is 24.8 Å². The van der Waals surface area contributed by atoms with Crippen molar-refractivity contribution in [2.75, 3.05) is 0 Å². The molecule has 0 fully saturated rings. The largest absolute Gasteiger partial charge is 0.273 e. The Morgan fingerprint density at radius 1 is 1.17 bits per heavy atom. The van der Waals surface area contributed by atoms with E-state index in [4.69, 9.17) is 0 Å². The smallest absolute Gasteiger partial charge is 0.0379 e. The van der Waals surface area contributed by atoms with Crippen LogP contribution in [0.3, 0.4) is 0 Å². The normalized spacial score (nSPS) is 10.3. The van der Waals surface area contributed by atoms with E-state index >= 15 is 0 Å². The van der Waals surface area contributed by atoms with Gasteiger partial charge in [-0.05, 0) is 0 Å². The minimum atomic E-state index is 0. The van der Waals surface area contributed by atoms with Gasteiger partial charge in [0.15, 0.2) is 0 Å². The van der Waals surface area contributed by atoms with Crippen molar-refractivity contribution in [1.29, 1.82) is 0 Å². The Hall–Kier alpha value is 0.991. The van der Waals surface area contributed by atoms with Gasteiger partial charge in [-0.2, -0.15) is 6.08 Å². The van der Waals surface area contributed by atoms with Gasteiger partial charge >= 0.3 is 0 Å². The van der Waals surface area contributed by atoms with Crippen LogP contribution in [0, 0.1) is 6.08 Å². The molecule has 0 atom stereocenters. The van der Waals surface area contributed by atoms with Crippen molar-refractivity contribution in [2.24, 2.45) is 0 Å². The summed E-state index contributed by atoms with van der Waals surface area (Å²) in [7, 11) is 0.120. The topological polar surface area (TPSA) is 0 Å². The van der Waals surface area contributed by atoms with Gasteiger partial charge in [0.1, 0.15) is 0 Å². The van der Waals surface area contributed by atoms with E-state index in [1.807, 2.05) is 12.2 Å². The summed E-state index contributed by atoms with van der Waals surface area (Å²) in [5.74, 6) is 0. The summed E-state index contributed by atoms with van der Waals surface area (Å²) in [6.07, 6.45) is 10.0. The van der Waals surface area contributed by atoms with Crippen LogP contribution in [0.4, 0.5) is 0 Å². The second-order valence-corrected chi connectivity index (χ2v) is 5.50. The van der Waals surface area contributed by atoms with Crippen molar-refractivity contribution in [3.8, 4) is 0 Å². The van der Waals surface area contributed by atoms with Crippen LogP contribution in [0.5, 0.6) is 0 Å². The van der Waals surface area contributed by atoms with Crippen molar-refractivity contribution in [3.63, 3.8) is 0 Å². The third-order valence-corrected chi connectivity index (χ3v) is 0.586. The maximum Gasteiger partial charge on any atom is 0.0379 e. The Morgan fingerprint density at radius 2 is 1.58 bits per heavy atom. The van der Waals surface area contributed by atoms with E-state index in [0.29, 0.717) is 0 Å². The van der Waals surface area contributed by atoms with Crippen LogP contribution < -0.4 is 0 Å². The van der Waals surface area contributed by atoms with Crippen molar-refractivity contribution >= 4 is 33.6 Å². The van der Waals surface area contributed by atoms with Crippen LogP contribution in [0.2, 0.25) is 19.6 Å². The standard InChI is InChI=1S/C5H5.C3H9Si.2ClH.Ti/c1-2-4-5-3-1;1-4(2)3;;;/h1-3H,4H2;1-3H3;2*1H;/q-1;;;;. The fourth-order valence-electron chi connectivity index (χ4n) is 0.340. The van der Waals surface area contributed by atoms with Gasteiger partial charge in [-0.25, -0.2) is 12.2 Å². The second-order valence-electron chi connectivity index (χ2n) is 2.50. The summed E-state index contributed by atoms with van der Waals surface area (Å²) in [5, 5.41) is 0. The van der Waals surface area contributed by atoms with E-state index in [2.05, 4.69) is 31.8 Å². The number of hydrogen-bond donors (Lipinski definition) is 0. The van der Waals surface area contributed by atoms with E-state index in [0.717, 1.165) is 6.42 Å². The Bertz CT molecular complexity index is 101. The van der Waals surface area contributed by atoms with E-state index in [1.165, 1.54) is 0 Å². The Kier molecular flexibility index (Phi) is 34.5. The van der Waals surface area contributed by atoms with Crippen molar-refractivity contribution in [1.82, 2.24) is 0 Å².